The smallest absolute Gasteiger partial charge is 0.399 e. The Morgan fingerprint density at radius 1 is 1.39 bits per heavy atom. The van der Waals surface area contributed by atoms with Crippen molar-refractivity contribution in [3.8, 4) is 0 Å². The first-order valence-corrected chi connectivity index (χ1v) is 5.55. The SMILES string of the molecule is Nc1ccc2c3n(nc2c1)C(C(F)(F)F)CCN3. The van der Waals surface area contributed by atoms with Crippen molar-refractivity contribution < 1.29 is 13.2 Å². The lowest BCUT2D eigenvalue weighted by atomic mass is 10.1. The van der Waals surface area contributed by atoms with Gasteiger partial charge in [-0.15, -0.1) is 0 Å². The summed E-state index contributed by atoms with van der Waals surface area (Å²) in [5.74, 6) is 0.415. The van der Waals surface area contributed by atoms with Crippen LogP contribution in [0.3, 0.4) is 0 Å². The van der Waals surface area contributed by atoms with Crippen molar-refractivity contribution in [2.45, 2.75) is 18.6 Å². The number of rotatable bonds is 0. The minimum Gasteiger partial charge on any atom is -0.399 e. The first-order valence-electron chi connectivity index (χ1n) is 5.55. The molecule has 1 aromatic carbocycles. The molecular formula is C11H11F3N4. The predicted octanol–water partition coefficient (Wildman–Crippen LogP) is 2.54. The van der Waals surface area contributed by atoms with E-state index in [1.807, 2.05) is 0 Å². The fourth-order valence-corrected chi connectivity index (χ4v) is 2.27. The highest BCUT2D eigenvalue weighted by atomic mass is 19.4. The van der Waals surface area contributed by atoms with Crippen LogP contribution in [0.5, 0.6) is 0 Å². The van der Waals surface area contributed by atoms with Crippen LogP contribution in [0.1, 0.15) is 12.5 Å². The van der Waals surface area contributed by atoms with Gasteiger partial charge in [0.25, 0.3) is 0 Å². The van der Waals surface area contributed by atoms with Gasteiger partial charge in [-0.2, -0.15) is 18.3 Å². The Balaban J connectivity index is 2.21. The summed E-state index contributed by atoms with van der Waals surface area (Å²) >= 11 is 0. The molecule has 0 saturated heterocycles. The molecule has 0 fully saturated rings. The van der Waals surface area contributed by atoms with Crippen LogP contribution in [0.2, 0.25) is 0 Å². The number of nitrogens with one attached hydrogen (secondary N) is 1. The van der Waals surface area contributed by atoms with E-state index in [9.17, 15) is 13.2 Å². The van der Waals surface area contributed by atoms with Crippen LogP contribution < -0.4 is 11.1 Å². The third kappa shape index (κ3) is 1.58. The number of benzene rings is 1. The zero-order chi connectivity index (χ0) is 12.9. The topological polar surface area (TPSA) is 55.9 Å². The molecule has 18 heavy (non-hydrogen) atoms. The summed E-state index contributed by atoms with van der Waals surface area (Å²) in [5.41, 5.74) is 6.58. The molecule has 0 spiro atoms. The summed E-state index contributed by atoms with van der Waals surface area (Å²) in [7, 11) is 0. The molecule has 1 aliphatic rings. The van der Waals surface area contributed by atoms with Crippen LogP contribution in [-0.4, -0.2) is 22.5 Å². The summed E-state index contributed by atoms with van der Waals surface area (Å²) in [6, 6.07) is 3.36. The summed E-state index contributed by atoms with van der Waals surface area (Å²) < 4.78 is 39.8. The van der Waals surface area contributed by atoms with E-state index in [1.165, 1.54) is 0 Å². The van der Waals surface area contributed by atoms with E-state index in [2.05, 4.69) is 10.4 Å². The molecule has 1 aromatic heterocycles. The monoisotopic (exact) mass is 256 g/mol. The Bertz CT molecular complexity index is 602. The molecule has 7 heteroatoms. The molecule has 3 N–H and O–H groups in total. The number of nitrogens with zero attached hydrogens (tertiary/aromatic N) is 2. The van der Waals surface area contributed by atoms with E-state index in [0.717, 1.165) is 4.68 Å². The van der Waals surface area contributed by atoms with Gasteiger partial charge in [-0.1, -0.05) is 0 Å². The molecular weight excluding hydrogens is 245 g/mol. The van der Waals surface area contributed by atoms with Gasteiger partial charge >= 0.3 is 6.18 Å². The molecule has 0 amide bonds. The molecule has 0 saturated carbocycles. The van der Waals surface area contributed by atoms with E-state index in [0.29, 0.717) is 22.4 Å². The highest BCUT2D eigenvalue weighted by Gasteiger charge is 2.44. The van der Waals surface area contributed by atoms with E-state index < -0.39 is 12.2 Å². The number of anilines is 2. The molecule has 3 rings (SSSR count). The molecule has 0 bridgehead atoms. The van der Waals surface area contributed by atoms with E-state index in [4.69, 9.17) is 5.73 Å². The molecule has 2 heterocycles. The molecule has 1 aliphatic heterocycles. The van der Waals surface area contributed by atoms with E-state index in [1.54, 1.807) is 18.2 Å². The molecule has 4 nitrogen and oxygen atoms in total. The molecule has 0 aliphatic carbocycles. The van der Waals surface area contributed by atoms with Gasteiger partial charge in [-0.25, -0.2) is 4.68 Å². The number of halogens is 3. The molecule has 1 atom stereocenters. The minimum atomic E-state index is -4.29. The average molecular weight is 256 g/mol. The Hall–Kier alpha value is -1.92. The van der Waals surface area contributed by atoms with E-state index in [-0.39, 0.29) is 13.0 Å². The van der Waals surface area contributed by atoms with E-state index >= 15 is 0 Å². The number of hydrogen-bond donors (Lipinski definition) is 2. The first-order chi connectivity index (χ1) is 8.47. The second-order valence-corrected chi connectivity index (χ2v) is 4.34. The number of aromatic nitrogens is 2. The quantitative estimate of drug-likeness (QED) is 0.712. The molecule has 0 radical (unpaired) electrons. The number of fused-ring (bicyclic) bond motifs is 3. The van der Waals surface area contributed by atoms with Crippen LogP contribution in [0.25, 0.3) is 10.9 Å². The number of alkyl halides is 3. The van der Waals surface area contributed by atoms with Crippen molar-refractivity contribution >= 4 is 22.4 Å². The molecule has 2 aromatic rings. The van der Waals surface area contributed by atoms with Gasteiger partial charge in [0.1, 0.15) is 5.82 Å². The average Bonchev–Trinajstić information content (AvgIpc) is 2.64. The van der Waals surface area contributed by atoms with Crippen LogP contribution >= 0.6 is 0 Å². The maximum absolute atomic E-state index is 12.9. The lowest BCUT2D eigenvalue weighted by Crippen LogP contribution is -2.33. The fraction of sp³-hybridized carbons (Fsp3) is 0.364. The van der Waals surface area contributed by atoms with Gasteiger partial charge < -0.3 is 11.1 Å². The Morgan fingerprint density at radius 2 is 2.17 bits per heavy atom. The summed E-state index contributed by atoms with van der Waals surface area (Å²) in [6.07, 6.45) is -4.30. The Morgan fingerprint density at radius 3 is 2.89 bits per heavy atom. The van der Waals surface area contributed by atoms with Crippen LogP contribution in [0.4, 0.5) is 24.7 Å². The Kier molecular flexibility index (Phi) is 2.20. The van der Waals surface area contributed by atoms with Crippen molar-refractivity contribution in [1.29, 1.82) is 0 Å². The summed E-state index contributed by atoms with van der Waals surface area (Å²) in [6.45, 7) is 0.287. The largest absolute Gasteiger partial charge is 0.410 e. The van der Waals surface area contributed by atoms with Gasteiger partial charge in [-0.3, -0.25) is 0 Å². The van der Waals surface area contributed by atoms with Gasteiger partial charge in [0.15, 0.2) is 6.04 Å². The lowest BCUT2D eigenvalue weighted by molar-refractivity contribution is -0.171. The van der Waals surface area contributed by atoms with Crippen LogP contribution in [0.15, 0.2) is 18.2 Å². The fourth-order valence-electron chi connectivity index (χ4n) is 2.27. The van der Waals surface area contributed by atoms with Gasteiger partial charge in [-0.05, 0) is 24.6 Å². The molecule has 96 valence electrons. The zero-order valence-electron chi connectivity index (χ0n) is 9.33. The maximum Gasteiger partial charge on any atom is 0.410 e. The maximum atomic E-state index is 12.9. The van der Waals surface area contributed by atoms with Crippen LogP contribution in [-0.2, 0) is 0 Å². The summed E-state index contributed by atoms with van der Waals surface area (Å²) in [4.78, 5) is 0. The second-order valence-electron chi connectivity index (χ2n) is 4.34. The standard InChI is InChI=1S/C11H11F3N4/c12-11(13,14)9-3-4-16-10-7-2-1-6(15)5-8(7)17-18(9)10/h1-2,5,9,16H,3-4,15H2. The predicted molar refractivity (Wildman–Crippen MR) is 62.3 cm³/mol. The number of nitrogen functional groups attached to an aromatic ring is 1. The first kappa shape index (κ1) is 11.2. The summed E-state index contributed by atoms with van der Waals surface area (Å²) in [5, 5.41) is 7.65. The van der Waals surface area contributed by atoms with Crippen molar-refractivity contribution in [3.63, 3.8) is 0 Å². The Labute approximate surface area is 101 Å². The zero-order valence-corrected chi connectivity index (χ0v) is 9.33. The normalized spacial score (nSPS) is 19.6. The molecule has 1 unspecified atom stereocenters. The van der Waals surface area contributed by atoms with Crippen molar-refractivity contribution in [3.05, 3.63) is 18.2 Å². The van der Waals surface area contributed by atoms with Crippen molar-refractivity contribution in [2.24, 2.45) is 0 Å². The van der Waals surface area contributed by atoms with Gasteiger partial charge in [0, 0.05) is 17.6 Å². The third-order valence-corrected chi connectivity index (χ3v) is 3.10. The van der Waals surface area contributed by atoms with Crippen LogP contribution in [0, 0.1) is 0 Å². The second kappa shape index (κ2) is 3.54. The highest BCUT2D eigenvalue weighted by molar-refractivity contribution is 5.92. The van der Waals surface area contributed by atoms with Gasteiger partial charge in [0.05, 0.1) is 5.52 Å². The number of nitrogens with two attached hydrogens (primary N) is 1. The van der Waals surface area contributed by atoms with Crippen molar-refractivity contribution in [1.82, 2.24) is 9.78 Å². The third-order valence-electron chi connectivity index (χ3n) is 3.10. The lowest BCUT2D eigenvalue weighted by Gasteiger charge is -2.27. The van der Waals surface area contributed by atoms with Crippen molar-refractivity contribution in [2.75, 3.05) is 17.6 Å². The highest BCUT2D eigenvalue weighted by Crippen LogP contribution is 2.40. The van der Waals surface area contributed by atoms with Gasteiger partial charge in [0.2, 0.25) is 0 Å². The number of hydrogen-bond acceptors (Lipinski definition) is 3. The minimum absolute atomic E-state index is 0.0139.